The monoisotopic (exact) mass is 413 g/mol. The molecule has 1 aromatic heterocycles. The zero-order chi connectivity index (χ0) is 21.7. The summed E-state index contributed by atoms with van der Waals surface area (Å²) in [6.45, 7) is 4.31. The van der Waals surface area contributed by atoms with Gasteiger partial charge in [0.15, 0.2) is 5.43 Å². The lowest BCUT2D eigenvalue weighted by Crippen LogP contribution is -2.29. The zero-order valence-corrected chi connectivity index (χ0v) is 17.2. The number of carbonyl (C=O) groups is 1. The molecular weight excluding hydrogens is 393 g/mol. The number of rotatable bonds is 3. The van der Waals surface area contributed by atoms with E-state index < -0.39 is 11.9 Å². The average molecular weight is 413 g/mol. The number of benzene rings is 3. The van der Waals surface area contributed by atoms with E-state index in [1.165, 1.54) is 18.2 Å². The van der Waals surface area contributed by atoms with E-state index in [0.29, 0.717) is 6.54 Å². The van der Waals surface area contributed by atoms with Crippen LogP contribution in [0.4, 0.5) is 4.39 Å². The van der Waals surface area contributed by atoms with Crippen molar-refractivity contribution in [2.24, 2.45) is 0 Å². The molecule has 4 aromatic rings. The lowest BCUT2D eigenvalue weighted by molar-refractivity contribution is 0.0714. The van der Waals surface area contributed by atoms with Crippen LogP contribution < -0.4 is 5.43 Å². The normalized spacial score (nSPS) is 15.5. The smallest absolute Gasteiger partial charge is 0.291 e. The second-order valence-electron chi connectivity index (χ2n) is 8.05. The minimum atomic E-state index is -0.603. The first-order chi connectivity index (χ1) is 14.9. The van der Waals surface area contributed by atoms with Crippen LogP contribution in [0.2, 0.25) is 0 Å². The summed E-state index contributed by atoms with van der Waals surface area (Å²) in [5.41, 5.74) is 4.06. The van der Waals surface area contributed by atoms with Gasteiger partial charge in [0, 0.05) is 6.54 Å². The molecule has 31 heavy (non-hydrogen) atoms. The SMILES string of the molecule is Cc1ccc(CN2C(=O)c3oc4ccc(F)cc4c(=O)c3C2c2ccc(C)cc2)cc1. The largest absolute Gasteiger partial charge is 0.450 e. The Hall–Kier alpha value is -3.73. The number of fused-ring (bicyclic) bond motifs is 2. The molecule has 1 amide bonds. The minimum Gasteiger partial charge on any atom is -0.450 e. The molecule has 5 rings (SSSR count). The van der Waals surface area contributed by atoms with E-state index in [2.05, 4.69) is 0 Å². The highest BCUT2D eigenvalue weighted by molar-refractivity contribution is 5.99. The summed E-state index contributed by atoms with van der Waals surface area (Å²) in [5, 5.41) is 0.140. The number of amides is 1. The lowest BCUT2D eigenvalue weighted by atomic mass is 9.97. The molecule has 3 aromatic carbocycles. The quantitative estimate of drug-likeness (QED) is 0.458. The number of hydrogen-bond donors (Lipinski definition) is 0. The Kier molecular flexibility index (Phi) is 4.47. The van der Waals surface area contributed by atoms with Crippen LogP contribution >= 0.6 is 0 Å². The van der Waals surface area contributed by atoms with E-state index in [1.807, 2.05) is 62.4 Å². The van der Waals surface area contributed by atoms with E-state index in [1.54, 1.807) is 4.90 Å². The summed E-state index contributed by atoms with van der Waals surface area (Å²) < 4.78 is 19.7. The van der Waals surface area contributed by atoms with Crippen molar-refractivity contribution >= 4 is 16.9 Å². The van der Waals surface area contributed by atoms with Crippen molar-refractivity contribution in [1.29, 1.82) is 0 Å². The molecule has 1 unspecified atom stereocenters. The maximum Gasteiger partial charge on any atom is 0.291 e. The Balaban J connectivity index is 1.72. The Morgan fingerprint density at radius 1 is 0.903 bits per heavy atom. The van der Waals surface area contributed by atoms with E-state index >= 15 is 0 Å². The number of carbonyl (C=O) groups excluding carboxylic acids is 1. The van der Waals surface area contributed by atoms with Gasteiger partial charge >= 0.3 is 0 Å². The van der Waals surface area contributed by atoms with E-state index in [-0.39, 0.29) is 33.6 Å². The fraction of sp³-hybridized carbons (Fsp3) is 0.154. The number of halogens is 1. The molecule has 2 heterocycles. The van der Waals surface area contributed by atoms with Gasteiger partial charge in [-0.05, 0) is 43.2 Å². The van der Waals surface area contributed by atoms with Crippen molar-refractivity contribution < 1.29 is 13.6 Å². The van der Waals surface area contributed by atoms with Crippen LogP contribution in [0.5, 0.6) is 0 Å². The summed E-state index contributed by atoms with van der Waals surface area (Å²) in [5.74, 6) is -0.834. The third-order valence-electron chi connectivity index (χ3n) is 5.79. The topological polar surface area (TPSA) is 50.5 Å². The molecule has 1 atom stereocenters. The summed E-state index contributed by atoms with van der Waals surface area (Å²) in [7, 11) is 0. The molecule has 0 N–H and O–H groups in total. The predicted molar refractivity (Wildman–Crippen MR) is 117 cm³/mol. The third-order valence-corrected chi connectivity index (χ3v) is 5.79. The zero-order valence-electron chi connectivity index (χ0n) is 17.2. The second kappa shape index (κ2) is 7.20. The summed E-state index contributed by atoms with van der Waals surface area (Å²) in [6, 6.07) is 18.8. The Bertz CT molecular complexity index is 1370. The maximum absolute atomic E-state index is 13.8. The van der Waals surface area contributed by atoms with Gasteiger partial charge in [-0.1, -0.05) is 59.7 Å². The Morgan fingerprint density at radius 2 is 1.55 bits per heavy atom. The van der Waals surface area contributed by atoms with E-state index in [4.69, 9.17) is 4.42 Å². The van der Waals surface area contributed by atoms with Gasteiger partial charge in [0.25, 0.3) is 5.91 Å². The van der Waals surface area contributed by atoms with Gasteiger partial charge in [-0.2, -0.15) is 0 Å². The highest BCUT2D eigenvalue weighted by Gasteiger charge is 2.42. The molecule has 0 spiro atoms. The van der Waals surface area contributed by atoms with Crippen LogP contribution in [0.3, 0.4) is 0 Å². The van der Waals surface area contributed by atoms with Crippen molar-refractivity contribution in [3.8, 4) is 0 Å². The van der Waals surface area contributed by atoms with E-state index in [9.17, 15) is 14.0 Å². The molecule has 4 nitrogen and oxygen atoms in total. The van der Waals surface area contributed by atoms with Gasteiger partial charge in [0.1, 0.15) is 11.4 Å². The fourth-order valence-corrected chi connectivity index (χ4v) is 4.14. The molecular formula is C26H20FNO3. The summed E-state index contributed by atoms with van der Waals surface area (Å²) in [4.78, 5) is 28.5. The summed E-state index contributed by atoms with van der Waals surface area (Å²) in [6.07, 6.45) is 0. The molecule has 0 aliphatic carbocycles. The number of hydrogen-bond acceptors (Lipinski definition) is 3. The minimum absolute atomic E-state index is 0.0294. The Morgan fingerprint density at radius 3 is 2.23 bits per heavy atom. The van der Waals surface area contributed by atoms with Gasteiger partial charge in [-0.15, -0.1) is 0 Å². The number of nitrogens with zero attached hydrogens (tertiary/aromatic N) is 1. The predicted octanol–water partition coefficient (Wildman–Crippen LogP) is 5.29. The van der Waals surface area contributed by atoms with Crippen molar-refractivity contribution in [2.45, 2.75) is 26.4 Å². The van der Waals surface area contributed by atoms with Crippen LogP contribution in [0.1, 0.15) is 44.4 Å². The van der Waals surface area contributed by atoms with Gasteiger partial charge in [0.2, 0.25) is 5.76 Å². The van der Waals surface area contributed by atoms with Crippen molar-refractivity contribution in [3.63, 3.8) is 0 Å². The Labute approximate surface area is 178 Å². The molecule has 0 radical (unpaired) electrons. The van der Waals surface area contributed by atoms with Gasteiger partial charge in [0.05, 0.1) is 17.0 Å². The molecule has 1 aliphatic rings. The molecule has 0 fully saturated rings. The second-order valence-corrected chi connectivity index (χ2v) is 8.05. The number of aryl methyl sites for hydroxylation is 2. The van der Waals surface area contributed by atoms with Gasteiger partial charge in [-0.3, -0.25) is 9.59 Å². The molecule has 0 saturated heterocycles. The fourth-order valence-electron chi connectivity index (χ4n) is 4.14. The van der Waals surface area contributed by atoms with Gasteiger partial charge < -0.3 is 9.32 Å². The first-order valence-corrected chi connectivity index (χ1v) is 10.1. The standard InChI is InChI=1S/C26H20FNO3/c1-15-3-7-17(8-4-15)14-28-23(18-9-5-16(2)6-10-18)22-24(29)20-13-19(27)11-12-21(20)31-25(22)26(28)30/h3-13,23H,14H2,1-2H3. The first-order valence-electron chi connectivity index (χ1n) is 10.1. The molecule has 1 aliphatic heterocycles. The molecule has 154 valence electrons. The van der Waals surface area contributed by atoms with Gasteiger partial charge in [-0.25, -0.2) is 4.39 Å². The lowest BCUT2D eigenvalue weighted by Gasteiger charge is -2.25. The maximum atomic E-state index is 13.8. The molecule has 0 bridgehead atoms. The average Bonchev–Trinajstić information content (AvgIpc) is 3.03. The van der Waals surface area contributed by atoms with Crippen molar-refractivity contribution in [1.82, 2.24) is 4.90 Å². The van der Waals surface area contributed by atoms with Crippen LogP contribution in [-0.2, 0) is 6.54 Å². The third kappa shape index (κ3) is 3.22. The van der Waals surface area contributed by atoms with Crippen LogP contribution in [0.25, 0.3) is 11.0 Å². The molecule has 5 heteroatoms. The van der Waals surface area contributed by atoms with Crippen molar-refractivity contribution in [2.75, 3.05) is 0 Å². The van der Waals surface area contributed by atoms with Crippen LogP contribution in [-0.4, -0.2) is 10.8 Å². The highest BCUT2D eigenvalue weighted by Crippen LogP contribution is 2.39. The van der Waals surface area contributed by atoms with E-state index in [0.717, 1.165) is 22.3 Å². The first kappa shape index (κ1) is 19.2. The highest BCUT2D eigenvalue weighted by atomic mass is 19.1. The molecule has 0 saturated carbocycles. The van der Waals surface area contributed by atoms with Crippen LogP contribution in [0, 0.1) is 19.7 Å². The van der Waals surface area contributed by atoms with Crippen molar-refractivity contribution in [3.05, 3.63) is 116 Å². The van der Waals surface area contributed by atoms with Crippen LogP contribution in [0.15, 0.2) is 75.9 Å². The summed E-state index contributed by atoms with van der Waals surface area (Å²) >= 11 is 0.